The lowest BCUT2D eigenvalue weighted by Gasteiger charge is -2.18. The molecule has 0 fully saturated rings. The summed E-state index contributed by atoms with van der Waals surface area (Å²) in [6.07, 6.45) is 76.1. The number of esters is 3. The molecule has 0 N–H and O–H groups in total. The Morgan fingerprint density at radius 2 is 0.549 bits per heavy atom. The van der Waals surface area contributed by atoms with Gasteiger partial charge >= 0.3 is 17.9 Å². The van der Waals surface area contributed by atoms with Crippen molar-refractivity contribution in [3.63, 3.8) is 0 Å². The second-order valence-electron chi connectivity index (χ2n) is 20.2. The second-order valence-corrected chi connectivity index (χ2v) is 20.2. The Hall–Kier alpha value is -3.15. The molecule has 410 valence electrons. The van der Waals surface area contributed by atoms with Crippen molar-refractivity contribution in [2.45, 2.75) is 309 Å². The molecule has 0 rings (SSSR count). The number of hydrogen-bond acceptors (Lipinski definition) is 6. The van der Waals surface area contributed by atoms with Gasteiger partial charge in [0.1, 0.15) is 13.2 Å². The van der Waals surface area contributed by atoms with Crippen molar-refractivity contribution in [2.75, 3.05) is 13.2 Å². The molecular weight excluding hydrogens is 877 g/mol. The van der Waals surface area contributed by atoms with Gasteiger partial charge in [0, 0.05) is 19.3 Å². The van der Waals surface area contributed by atoms with Crippen LogP contribution >= 0.6 is 0 Å². The molecule has 0 unspecified atom stereocenters. The van der Waals surface area contributed by atoms with Crippen LogP contribution in [0.1, 0.15) is 303 Å². The highest BCUT2D eigenvalue weighted by Crippen LogP contribution is 2.17. The van der Waals surface area contributed by atoms with Crippen LogP contribution in [0.25, 0.3) is 0 Å². The Bertz CT molecular complexity index is 1320. The fourth-order valence-corrected chi connectivity index (χ4v) is 8.64. The lowest BCUT2D eigenvalue weighted by molar-refractivity contribution is -0.167. The maximum atomic E-state index is 12.9. The van der Waals surface area contributed by atoms with Crippen LogP contribution in [-0.2, 0) is 28.6 Å². The Labute approximate surface area is 440 Å². The third-order valence-electron chi connectivity index (χ3n) is 13.2. The van der Waals surface area contributed by atoms with E-state index >= 15 is 0 Å². The minimum atomic E-state index is -0.791. The molecule has 0 aliphatic heterocycles. The lowest BCUT2D eigenvalue weighted by atomic mass is 10.0. The number of carbonyl (C=O) groups excluding carboxylic acids is 3. The Balaban J connectivity index is 4.39. The number of hydrogen-bond donors (Lipinski definition) is 0. The second kappa shape index (κ2) is 59.4. The van der Waals surface area contributed by atoms with Gasteiger partial charge in [-0.3, -0.25) is 14.4 Å². The molecule has 0 saturated heterocycles. The molecule has 0 aromatic heterocycles. The third-order valence-corrected chi connectivity index (χ3v) is 13.2. The highest BCUT2D eigenvalue weighted by molar-refractivity contribution is 5.71. The summed E-state index contributed by atoms with van der Waals surface area (Å²) in [4.78, 5) is 38.2. The van der Waals surface area contributed by atoms with Crippen LogP contribution in [-0.4, -0.2) is 37.2 Å². The molecule has 0 saturated carbocycles. The topological polar surface area (TPSA) is 78.9 Å². The van der Waals surface area contributed by atoms with E-state index in [4.69, 9.17) is 14.2 Å². The van der Waals surface area contributed by atoms with Crippen molar-refractivity contribution in [1.82, 2.24) is 0 Å². The number of allylic oxidation sites excluding steroid dienone is 12. The molecule has 0 aromatic rings. The maximum absolute atomic E-state index is 12.9. The predicted octanol–water partition coefficient (Wildman–Crippen LogP) is 20.5. The summed E-state index contributed by atoms with van der Waals surface area (Å²) in [6, 6.07) is 0. The highest BCUT2D eigenvalue weighted by Gasteiger charge is 2.19. The minimum Gasteiger partial charge on any atom is -0.462 e. The molecule has 0 aromatic carbocycles. The molecule has 0 spiro atoms. The van der Waals surface area contributed by atoms with E-state index < -0.39 is 6.10 Å². The van der Waals surface area contributed by atoms with E-state index in [2.05, 4.69) is 93.7 Å². The van der Waals surface area contributed by atoms with Crippen molar-refractivity contribution >= 4 is 17.9 Å². The zero-order valence-electron chi connectivity index (χ0n) is 47.0. The van der Waals surface area contributed by atoms with Gasteiger partial charge in [-0.1, -0.05) is 267 Å². The van der Waals surface area contributed by atoms with Crippen LogP contribution in [0.15, 0.2) is 72.9 Å². The van der Waals surface area contributed by atoms with Crippen LogP contribution in [0.2, 0.25) is 0 Å². The molecule has 0 bridgehead atoms. The van der Waals surface area contributed by atoms with Crippen molar-refractivity contribution in [1.29, 1.82) is 0 Å². The lowest BCUT2D eigenvalue weighted by Crippen LogP contribution is -2.30. The zero-order chi connectivity index (χ0) is 51.4. The van der Waals surface area contributed by atoms with Gasteiger partial charge in [-0.25, -0.2) is 0 Å². The van der Waals surface area contributed by atoms with E-state index in [1.54, 1.807) is 0 Å². The largest absolute Gasteiger partial charge is 0.462 e. The normalized spacial score (nSPS) is 12.5. The summed E-state index contributed by atoms with van der Waals surface area (Å²) in [5.74, 6) is -0.912. The van der Waals surface area contributed by atoms with E-state index in [9.17, 15) is 14.4 Å². The van der Waals surface area contributed by atoms with E-state index in [0.717, 1.165) is 116 Å². The molecule has 71 heavy (non-hydrogen) atoms. The highest BCUT2D eigenvalue weighted by atomic mass is 16.6. The first kappa shape index (κ1) is 67.8. The Kier molecular flexibility index (Phi) is 56.8. The van der Waals surface area contributed by atoms with Crippen LogP contribution in [0.5, 0.6) is 0 Å². The minimum absolute atomic E-state index is 0.0886. The van der Waals surface area contributed by atoms with E-state index in [-0.39, 0.29) is 31.1 Å². The van der Waals surface area contributed by atoms with Gasteiger partial charge in [0.25, 0.3) is 0 Å². The molecule has 0 aliphatic carbocycles. The molecule has 0 radical (unpaired) electrons. The number of ether oxygens (including phenoxy) is 3. The fraction of sp³-hybridized carbons (Fsp3) is 0.769. The third kappa shape index (κ3) is 57.6. The van der Waals surface area contributed by atoms with Gasteiger partial charge in [-0.05, 0) is 89.9 Å². The predicted molar refractivity (Wildman–Crippen MR) is 307 cm³/mol. The summed E-state index contributed by atoms with van der Waals surface area (Å²) < 4.78 is 16.9. The van der Waals surface area contributed by atoms with Crippen molar-refractivity contribution in [3.05, 3.63) is 72.9 Å². The SMILES string of the molecule is CC/C=C\C/C=C\C/C=C\C/C=C\CCCCCCC(=O)OC[C@H](COC(=O)CCCCCCC/C=C\C/C=C\CCCCC)OC(=O)CCCCCCCCCCCCCCCCCCCCCCC. The van der Waals surface area contributed by atoms with Crippen molar-refractivity contribution in [3.8, 4) is 0 Å². The van der Waals surface area contributed by atoms with Crippen LogP contribution < -0.4 is 0 Å². The zero-order valence-corrected chi connectivity index (χ0v) is 47.0. The van der Waals surface area contributed by atoms with E-state index in [1.165, 1.54) is 148 Å². The van der Waals surface area contributed by atoms with Gasteiger partial charge < -0.3 is 14.2 Å². The van der Waals surface area contributed by atoms with Crippen LogP contribution in [0.4, 0.5) is 0 Å². The number of rotatable bonds is 55. The molecule has 0 amide bonds. The smallest absolute Gasteiger partial charge is 0.306 e. The van der Waals surface area contributed by atoms with E-state index in [0.29, 0.717) is 19.3 Å². The van der Waals surface area contributed by atoms with Gasteiger partial charge in [0.15, 0.2) is 6.10 Å². The van der Waals surface area contributed by atoms with Crippen molar-refractivity contribution in [2.24, 2.45) is 0 Å². The molecule has 1 atom stereocenters. The first-order valence-electron chi connectivity index (χ1n) is 30.4. The van der Waals surface area contributed by atoms with E-state index in [1.807, 2.05) is 0 Å². The summed E-state index contributed by atoms with van der Waals surface area (Å²) in [5.41, 5.74) is 0. The van der Waals surface area contributed by atoms with Gasteiger partial charge in [-0.15, -0.1) is 0 Å². The average Bonchev–Trinajstić information content (AvgIpc) is 3.37. The molecule has 6 heteroatoms. The Morgan fingerprint density at radius 3 is 0.887 bits per heavy atom. The van der Waals surface area contributed by atoms with Gasteiger partial charge in [-0.2, -0.15) is 0 Å². The summed E-state index contributed by atoms with van der Waals surface area (Å²) in [6.45, 7) is 6.50. The number of carbonyl (C=O) groups is 3. The Morgan fingerprint density at radius 1 is 0.296 bits per heavy atom. The van der Waals surface area contributed by atoms with Gasteiger partial charge in [0.2, 0.25) is 0 Å². The molecule has 6 nitrogen and oxygen atoms in total. The average molecular weight is 992 g/mol. The summed E-state index contributed by atoms with van der Waals surface area (Å²) >= 11 is 0. The molecule has 0 heterocycles. The van der Waals surface area contributed by atoms with Crippen molar-refractivity contribution < 1.29 is 28.6 Å². The molecule has 0 aliphatic rings. The molecular formula is C65H114O6. The maximum Gasteiger partial charge on any atom is 0.306 e. The first-order chi connectivity index (χ1) is 35.0. The van der Waals surface area contributed by atoms with Crippen LogP contribution in [0.3, 0.4) is 0 Å². The first-order valence-corrected chi connectivity index (χ1v) is 30.4. The quantitative estimate of drug-likeness (QED) is 0.0261. The number of unbranched alkanes of at least 4 members (excludes halogenated alkanes) is 32. The van der Waals surface area contributed by atoms with Crippen LogP contribution in [0, 0.1) is 0 Å². The summed E-state index contributed by atoms with van der Waals surface area (Å²) in [7, 11) is 0. The monoisotopic (exact) mass is 991 g/mol. The standard InChI is InChI=1S/C65H114O6/c1-4-7-10-13-16-19-22-25-28-30-31-32-33-35-38-41-44-47-50-53-56-59-65(68)71-62(60-69-63(66)57-54-51-48-45-42-39-36-27-24-21-18-15-12-9-6-3)61-70-64(67)58-55-52-49-46-43-40-37-34-29-26-23-20-17-14-11-8-5-2/h8,11,17-18,20-21,26-27,29,36-37,40,62H,4-7,9-10,12-16,19,22-25,28,30-35,38-39,41-61H2,1-3H3/b11-8-,20-17-,21-18-,29-26-,36-27-,40-37-/t62-/m0/s1. The summed E-state index contributed by atoms with van der Waals surface area (Å²) in [5, 5.41) is 0. The fourth-order valence-electron chi connectivity index (χ4n) is 8.64. The van der Waals surface area contributed by atoms with Gasteiger partial charge in [0.05, 0.1) is 0 Å².